The Labute approximate surface area is 195 Å². The lowest BCUT2D eigenvalue weighted by atomic mass is 9.62. The minimum Gasteiger partial charge on any atom is -0.469 e. The number of ketones is 1. The van der Waals surface area contributed by atoms with Gasteiger partial charge >= 0.3 is 5.97 Å². The first-order valence-electron chi connectivity index (χ1n) is 11.7. The number of carbonyl (C=O) groups excluding carboxylic acids is 2. The molecule has 0 amide bonds. The molecular weight excluding hydrogens is 424 g/mol. The number of aliphatic hydroxyl groups is 2. The summed E-state index contributed by atoms with van der Waals surface area (Å²) in [5, 5.41) is 23.4. The highest BCUT2D eigenvalue weighted by molar-refractivity contribution is 7.09. The van der Waals surface area contributed by atoms with E-state index in [1.54, 1.807) is 11.3 Å². The Balaban J connectivity index is 1.50. The Bertz CT molecular complexity index is 793. The van der Waals surface area contributed by atoms with Gasteiger partial charge in [0.15, 0.2) is 0 Å². The maximum atomic E-state index is 12.4. The van der Waals surface area contributed by atoms with Gasteiger partial charge in [0.2, 0.25) is 0 Å². The van der Waals surface area contributed by atoms with E-state index in [1.807, 2.05) is 24.3 Å². The van der Waals surface area contributed by atoms with Crippen molar-refractivity contribution < 1.29 is 24.5 Å². The van der Waals surface area contributed by atoms with Gasteiger partial charge in [-0.25, -0.2) is 0 Å². The zero-order valence-corrected chi connectivity index (χ0v) is 19.8. The van der Waals surface area contributed by atoms with E-state index in [2.05, 4.69) is 22.2 Å². The van der Waals surface area contributed by atoms with Gasteiger partial charge in [0, 0.05) is 35.0 Å². The lowest BCUT2D eigenvalue weighted by Gasteiger charge is -2.45. The van der Waals surface area contributed by atoms with Crippen LogP contribution in [0, 0.1) is 17.3 Å². The summed E-state index contributed by atoms with van der Waals surface area (Å²) in [6.45, 7) is 0. The molecule has 176 valence electrons. The fourth-order valence-corrected chi connectivity index (χ4v) is 5.85. The van der Waals surface area contributed by atoms with E-state index in [9.17, 15) is 19.8 Å². The van der Waals surface area contributed by atoms with Crippen LogP contribution in [0.5, 0.6) is 0 Å². The van der Waals surface area contributed by atoms with Gasteiger partial charge in [0.05, 0.1) is 19.3 Å². The van der Waals surface area contributed by atoms with E-state index < -0.39 is 12.2 Å². The molecule has 0 bridgehead atoms. The fraction of sp³-hybridized carbons (Fsp3) is 0.615. The quantitative estimate of drug-likeness (QED) is 0.270. The first-order valence-corrected chi connectivity index (χ1v) is 12.6. The molecule has 2 unspecified atom stereocenters. The Hall–Kier alpha value is -1.76. The summed E-state index contributed by atoms with van der Waals surface area (Å²) < 4.78 is 4.63. The Morgan fingerprint density at radius 3 is 2.81 bits per heavy atom. The number of rotatable bonds is 12. The minimum atomic E-state index is -0.655. The smallest absolute Gasteiger partial charge is 0.305 e. The highest BCUT2D eigenvalue weighted by Gasteiger charge is 2.43. The number of esters is 1. The van der Waals surface area contributed by atoms with Crippen LogP contribution in [-0.4, -0.2) is 41.3 Å². The van der Waals surface area contributed by atoms with Crippen LogP contribution < -0.4 is 0 Å². The molecule has 0 aromatic carbocycles. The van der Waals surface area contributed by atoms with Crippen molar-refractivity contribution in [2.45, 2.75) is 76.4 Å². The molecule has 0 saturated heterocycles. The molecular formula is C26H36O5S. The molecule has 4 atom stereocenters. The van der Waals surface area contributed by atoms with Crippen molar-refractivity contribution in [1.82, 2.24) is 0 Å². The Kier molecular flexibility index (Phi) is 9.26. The van der Waals surface area contributed by atoms with Crippen LogP contribution in [-0.2, 0) is 20.7 Å². The van der Waals surface area contributed by atoms with Gasteiger partial charge in [0.25, 0.3) is 0 Å². The lowest BCUT2D eigenvalue weighted by molar-refractivity contribution is -0.140. The molecule has 3 rings (SSSR count). The van der Waals surface area contributed by atoms with E-state index in [0.717, 1.165) is 38.5 Å². The number of thiophene rings is 1. The molecule has 1 aromatic rings. The summed E-state index contributed by atoms with van der Waals surface area (Å²) in [6.07, 6.45) is 14.2. The number of methoxy groups -OCH3 is 1. The highest BCUT2D eigenvalue weighted by atomic mass is 32.1. The third-order valence-corrected chi connectivity index (χ3v) is 8.03. The molecule has 2 aliphatic carbocycles. The second-order valence-electron chi connectivity index (χ2n) is 9.25. The van der Waals surface area contributed by atoms with Gasteiger partial charge < -0.3 is 14.9 Å². The number of hydrogen-bond donors (Lipinski definition) is 2. The molecule has 1 aromatic heterocycles. The molecule has 1 heterocycles. The predicted molar refractivity (Wildman–Crippen MR) is 126 cm³/mol. The molecule has 0 radical (unpaired) electrons. The van der Waals surface area contributed by atoms with Gasteiger partial charge in [-0.15, -0.1) is 11.3 Å². The van der Waals surface area contributed by atoms with E-state index in [1.165, 1.54) is 12.0 Å². The Morgan fingerprint density at radius 2 is 2.16 bits per heavy atom. The van der Waals surface area contributed by atoms with Crippen molar-refractivity contribution in [3.8, 4) is 0 Å². The zero-order valence-electron chi connectivity index (χ0n) is 18.9. The summed E-state index contributed by atoms with van der Waals surface area (Å²) in [4.78, 5) is 24.9. The molecule has 2 aliphatic rings. The summed E-state index contributed by atoms with van der Waals surface area (Å²) in [6, 6.07) is 4.20. The maximum absolute atomic E-state index is 12.4. The van der Waals surface area contributed by atoms with E-state index in [0.29, 0.717) is 19.3 Å². The third-order valence-electron chi connectivity index (χ3n) is 7.15. The van der Waals surface area contributed by atoms with Gasteiger partial charge in [-0.3, -0.25) is 9.59 Å². The first-order chi connectivity index (χ1) is 15.4. The standard InChI is InChI=1S/C26H36O5S/c1-31-25(30)13-5-3-2-4-10-20-21(23(28)17-22(20)27)11-6-12-24(29)26(14-8-15-26)18-19-9-7-16-32-19/h2,4,6-7,9,11,16,20-21,23-24,28-29H,3,5,8,10,12-15,17-18H2,1H3/t20-,21-,23?,24?/m1/s1. The number of unbranched alkanes of at least 4 members (excludes halogenated alkanes) is 1. The van der Waals surface area contributed by atoms with Gasteiger partial charge in [-0.2, -0.15) is 0 Å². The normalized spacial score (nSPS) is 26.0. The third kappa shape index (κ3) is 6.40. The van der Waals surface area contributed by atoms with Crippen LogP contribution in [0.15, 0.2) is 41.8 Å². The Morgan fingerprint density at radius 1 is 1.34 bits per heavy atom. The number of allylic oxidation sites excluding steroid dienone is 2. The van der Waals surface area contributed by atoms with Crippen molar-refractivity contribution in [1.29, 1.82) is 0 Å². The molecule has 2 N–H and O–H groups in total. The summed E-state index contributed by atoms with van der Waals surface area (Å²) >= 11 is 1.75. The number of hydrogen-bond acceptors (Lipinski definition) is 6. The number of ether oxygens (including phenoxy) is 1. The van der Waals surface area contributed by atoms with E-state index in [4.69, 9.17) is 0 Å². The second kappa shape index (κ2) is 11.9. The maximum Gasteiger partial charge on any atom is 0.305 e. The van der Waals surface area contributed by atoms with Crippen LogP contribution >= 0.6 is 11.3 Å². The van der Waals surface area contributed by atoms with Gasteiger partial charge in [0.1, 0.15) is 5.78 Å². The largest absolute Gasteiger partial charge is 0.469 e. The van der Waals surface area contributed by atoms with Crippen molar-refractivity contribution >= 4 is 23.1 Å². The topological polar surface area (TPSA) is 83.8 Å². The number of carbonyl (C=O) groups is 2. The van der Waals surface area contributed by atoms with Crippen LogP contribution in [0.1, 0.15) is 62.7 Å². The lowest BCUT2D eigenvalue weighted by Crippen LogP contribution is -2.42. The number of aliphatic hydroxyl groups excluding tert-OH is 2. The van der Waals surface area contributed by atoms with Crippen LogP contribution in [0.3, 0.4) is 0 Å². The van der Waals surface area contributed by atoms with Crippen LogP contribution in [0.2, 0.25) is 0 Å². The second-order valence-corrected chi connectivity index (χ2v) is 10.3. The average Bonchev–Trinajstić information content (AvgIpc) is 3.35. The van der Waals surface area contributed by atoms with Crippen LogP contribution in [0.25, 0.3) is 0 Å². The van der Waals surface area contributed by atoms with E-state index in [-0.39, 0.29) is 35.4 Å². The first kappa shape index (κ1) is 24.9. The zero-order chi connectivity index (χ0) is 23.0. The molecule has 2 saturated carbocycles. The van der Waals surface area contributed by atoms with Crippen molar-refractivity contribution in [3.63, 3.8) is 0 Å². The molecule has 0 aliphatic heterocycles. The van der Waals surface area contributed by atoms with Crippen LogP contribution in [0.4, 0.5) is 0 Å². The van der Waals surface area contributed by atoms with E-state index >= 15 is 0 Å². The monoisotopic (exact) mass is 460 g/mol. The highest BCUT2D eigenvalue weighted by Crippen LogP contribution is 2.48. The summed E-state index contributed by atoms with van der Waals surface area (Å²) in [5.41, 5.74) is -0.0361. The molecule has 2 fully saturated rings. The van der Waals surface area contributed by atoms with Gasteiger partial charge in [-0.05, 0) is 56.4 Å². The van der Waals surface area contributed by atoms with Crippen molar-refractivity contribution in [2.24, 2.45) is 17.3 Å². The van der Waals surface area contributed by atoms with Crippen molar-refractivity contribution in [2.75, 3.05) is 7.11 Å². The molecule has 0 spiro atoms. The fourth-order valence-electron chi connectivity index (χ4n) is 4.99. The van der Waals surface area contributed by atoms with Crippen molar-refractivity contribution in [3.05, 3.63) is 46.7 Å². The summed E-state index contributed by atoms with van der Waals surface area (Å²) in [7, 11) is 1.39. The molecule has 5 nitrogen and oxygen atoms in total. The average molecular weight is 461 g/mol. The SMILES string of the molecule is COC(=O)CCCC=CC[C@H]1C(=O)CC(O)[C@@H]1C=CCC(O)C1(Cc2cccs2)CCC1. The predicted octanol–water partition coefficient (Wildman–Crippen LogP) is 4.62. The van der Waals surface area contributed by atoms with Gasteiger partial charge in [-0.1, -0.05) is 36.8 Å². The molecule has 32 heavy (non-hydrogen) atoms. The number of Topliss-reactive ketones (excluding diaryl/α,β-unsaturated/α-hetero) is 1. The summed E-state index contributed by atoms with van der Waals surface area (Å²) in [5.74, 6) is -0.540. The molecule has 6 heteroatoms. The minimum absolute atomic E-state index is 0.0361.